The van der Waals surface area contributed by atoms with Crippen molar-refractivity contribution < 1.29 is 0 Å². The molecular weight excluding hydrogens is 310 g/mol. The van der Waals surface area contributed by atoms with Crippen LogP contribution in [0, 0.1) is 5.41 Å². The van der Waals surface area contributed by atoms with Gasteiger partial charge in [0, 0.05) is 12.7 Å². The molecule has 0 atom stereocenters. The van der Waals surface area contributed by atoms with Gasteiger partial charge in [-0.25, -0.2) is 0 Å². The second-order valence-corrected chi connectivity index (χ2v) is 6.12. The molecule has 1 rings (SSSR count). The number of nitrogens with zero attached hydrogens (tertiary/aromatic N) is 1. The lowest BCUT2D eigenvalue weighted by molar-refractivity contribution is 0.229. The summed E-state index contributed by atoms with van der Waals surface area (Å²) in [5.74, 6) is 0.827. The Kier molecular flexibility index (Phi) is 6.50. The molecule has 0 N–H and O–H groups in total. The third-order valence-corrected chi connectivity index (χ3v) is 4.65. The third-order valence-electron chi connectivity index (χ3n) is 3.38. The molecule has 0 aliphatic carbocycles. The maximum absolute atomic E-state index is 12.1. The Morgan fingerprint density at radius 3 is 2.44 bits per heavy atom. The van der Waals surface area contributed by atoms with E-state index in [4.69, 9.17) is 0 Å². The normalized spacial score (nSPS) is 11.8. The highest BCUT2D eigenvalue weighted by molar-refractivity contribution is 9.10. The number of pyridine rings is 1. The van der Waals surface area contributed by atoms with Crippen molar-refractivity contribution >= 4 is 28.6 Å². The maximum Gasteiger partial charge on any atom is 0.264 e. The molecule has 102 valence electrons. The lowest BCUT2D eigenvalue weighted by atomic mass is 9.81. The molecule has 1 aromatic heterocycles. The summed E-state index contributed by atoms with van der Waals surface area (Å²) in [5.41, 5.74) is 0.188. The van der Waals surface area contributed by atoms with Crippen LogP contribution in [0.3, 0.4) is 0 Å². The Hall–Kier alpha value is -0.220. The minimum atomic E-state index is 0.0517. The summed E-state index contributed by atoms with van der Waals surface area (Å²) in [5, 5.41) is 0. The van der Waals surface area contributed by atoms with Crippen molar-refractivity contribution in [3.8, 4) is 0 Å². The van der Waals surface area contributed by atoms with Gasteiger partial charge in [-0.15, -0.1) is 0 Å². The van der Waals surface area contributed by atoms with E-state index in [0.717, 1.165) is 38.0 Å². The van der Waals surface area contributed by atoms with Gasteiger partial charge in [0.2, 0.25) is 0 Å². The molecular formula is C14H22BrNOS. The first-order chi connectivity index (χ1) is 8.58. The third kappa shape index (κ3) is 3.89. The van der Waals surface area contributed by atoms with Gasteiger partial charge < -0.3 is 4.57 Å². The Balaban J connectivity index is 3.02. The zero-order chi connectivity index (χ0) is 13.6. The molecule has 0 saturated carbocycles. The van der Waals surface area contributed by atoms with Gasteiger partial charge in [-0.05, 0) is 52.1 Å². The van der Waals surface area contributed by atoms with E-state index < -0.39 is 0 Å². The Bertz CT molecular complexity index is 424. The molecule has 0 aromatic carbocycles. The van der Waals surface area contributed by atoms with E-state index in [9.17, 15) is 4.79 Å². The summed E-state index contributed by atoms with van der Waals surface area (Å²) in [6.07, 6.45) is 6.36. The first-order valence-electron chi connectivity index (χ1n) is 6.54. The average Bonchev–Trinajstić information content (AvgIpc) is 2.35. The molecule has 1 aromatic rings. The van der Waals surface area contributed by atoms with Crippen molar-refractivity contribution in [1.82, 2.24) is 4.57 Å². The van der Waals surface area contributed by atoms with Crippen LogP contribution in [-0.4, -0.2) is 10.3 Å². The molecule has 18 heavy (non-hydrogen) atoms. The van der Waals surface area contributed by atoms with E-state index in [1.54, 1.807) is 6.07 Å². The van der Waals surface area contributed by atoms with Crippen molar-refractivity contribution in [2.24, 2.45) is 5.41 Å². The van der Waals surface area contributed by atoms with Gasteiger partial charge in [0.1, 0.15) is 0 Å². The van der Waals surface area contributed by atoms with Crippen molar-refractivity contribution in [2.75, 3.05) is 5.75 Å². The number of halogens is 1. The molecule has 0 radical (unpaired) electrons. The predicted octanol–water partition coefficient (Wildman–Crippen LogP) is 4.13. The van der Waals surface area contributed by atoms with Gasteiger partial charge >= 0.3 is 0 Å². The predicted molar refractivity (Wildman–Crippen MR) is 84.5 cm³/mol. The number of thiol groups is 1. The molecule has 2 nitrogen and oxygen atoms in total. The topological polar surface area (TPSA) is 22.0 Å². The van der Waals surface area contributed by atoms with Crippen LogP contribution in [0.25, 0.3) is 0 Å². The molecule has 0 aliphatic heterocycles. The molecule has 0 bridgehead atoms. The van der Waals surface area contributed by atoms with Gasteiger partial charge in [0.05, 0.1) is 4.47 Å². The fourth-order valence-corrected chi connectivity index (χ4v) is 3.34. The summed E-state index contributed by atoms with van der Waals surface area (Å²) in [6.45, 7) is 5.14. The summed E-state index contributed by atoms with van der Waals surface area (Å²) in [6, 6.07) is 3.70. The summed E-state index contributed by atoms with van der Waals surface area (Å²) >= 11 is 7.83. The average molecular weight is 332 g/mol. The molecule has 1 heterocycles. The number of hydrogen-bond acceptors (Lipinski definition) is 2. The Morgan fingerprint density at radius 1 is 1.33 bits per heavy atom. The van der Waals surface area contributed by atoms with Crippen LogP contribution in [0.2, 0.25) is 0 Å². The molecule has 0 unspecified atom stereocenters. The molecule has 0 spiro atoms. The van der Waals surface area contributed by atoms with E-state index >= 15 is 0 Å². The number of hydrogen-bond donors (Lipinski definition) is 1. The van der Waals surface area contributed by atoms with Crippen LogP contribution in [0.4, 0.5) is 0 Å². The van der Waals surface area contributed by atoms with Gasteiger partial charge in [-0.1, -0.05) is 26.7 Å². The van der Waals surface area contributed by atoms with E-state index in [1.165, 1.54) is 0 Å². The standard InChI is InChI=1S/C14H22BrNOS/c1-3-7-14(11-18,8-4-2)10-16-9-5-6-12(15)13(16)17/h5-6,9,18H,3-4,7-8,10-11H2,1-2H3. The molecule has 0 fully saturated rings. The largest absolute Gasteiger partial charge is 0.314 e. The van der Waals surface area contributed by atoms with Gasteiger partial charge in [0.15, 0.2) is 0 Å². The number of aromatic nitrogens is 1. The van der Waals surface area contributed by atoms with E-state index in [-0.39, 0.29) is 11.0 Å². The summed E-state index contributed by atoms with van der Waals surface area (Å²) < 4.78 is 2.44. The SMILES string of the molecule is CCCC(CS)(CCC)Cn1cccc(Br)c1=O. The molecule has 0 aliphatic rings. The van der Waals surface area contributed by atoms with Crippen LogP contribution < -0.4 is 5.56 Å². The highest BCUT2D eigenvalue weighted by Crippen LogP contribution is 2.33. The van der Waals surface area contributed by atoms with Crippen LogP contribution in [-0.2, 0) is 6.54 Å². The van der Waals surface area contributed by atoms with Gasteiger partial charge in [-0.3, -0.25) is 4.79 Å². The molecule has 0 saturated heterocycles. The van der Waals surface area contributed by atoms with Crippen LogP contribution in [0.1, 0.15) is 39.5 Å². The lowest BCUT2D eigenvalue weighted by Crippen LogP contribution is -2.34. The highest BCUT2D eigenvalue weighted by atomic mass is 79.9. The highest BCUT2D eigenvalue weighted by Gasteiger charge is 2.27. The zero-order valence-electron chi connectivity index (χ0n) is 11.2. The molecule has 0 amide bonds. The van der Waals surface area contributed by atoms with Crippen molar-refractivity contribution in [2.45, 2.75) is 46.1 Å². The fourth-order valence-electron chi connectivity index (χ4n) is 2.55. The zero-order valence-corrected chi connectivity index (χ0v) is 13.6. The smallest absolute Gasteiger partial charge is 0.264 e. The van der Waals surface area contributed by atoms with E-state index in [0.29, 0.717) is 4.47 Å². The van der Waals surface area contributed by atoms with Crippen molar-refractivity contribution in [3.05, 3.63) is 33.2 Å². The molecule has 4 heteroatoms. The minimum absolute atomic E-state index is 0.0517. The first-order valence-corrected chi connectivity index (χ1v) is 7.97. The fraction of sp³-hybridized carbons (Fsp3) is 0.643. The Morgan fingerprint density at radius 2 is 1.94 bits per heavy atom. The summed E-state index contributed by atoms with van der Waals surface area (Å²) in [7, 11) is 0. The quantitative estimate of drug-likeness (QED) is 0.745. The van der Waals surface area contributed by atoms with Gasteiger partial charge in [0.25, 0.3) is 5.56 Å². The second kappa shape index (κ2) is 7.39. The van der Waals surface area contributed by atoms with Crippen molar-refractivity contribution in [1.29, 1.82) is 0 Å². The van der Waals surface area contributed by atoms with E-state index in [1.807, 2.05) is 16.8 Å². The van der Waals surface area contributed by atoms with Crippen LogP contribution in [0.5, 0.6) is 0 Å². The number of rotatable bonds is 7. The maximum atomic E-state index is 12.1. The van der Waals surface area contributed by atoms with Gasteiger partial charge in [-0.2, -0.15) is 12.6 Å². The van der Waals surface area contributed by atoms with Crippen molar-refractivity contribution in [3.63, 3.8) is 0 Å². The second-order valence-electron chi connectivity index (χ2n) is 4.95. The van der Waals surface area contributed by atoms with Crippen LogP contribution in [0.15, 0.2) is 27.6 Å². The lowest BCUT2D eigenvalue weighted by Gasteiger charge is -2.32. The Labute approximate surface area is 123 Å². The summed E-state index contributed by atoms with van der Waals surface area (Å²) in [4.78, 5) is 12.1. The minimum Gasteiger partial charge on any atom is -0.314 e. The van der Waals surface area contributed by atoms with Crippen LogP contribution >= 0.6 is 28.6 Å². The van der Waals surface area contributed by atoms with E-state index in [2.05, 4.69) is 42.4 Å². The monoisotopic (exact) mass is 331 g/mol. The first kappa shape index (κ1) is 15.8.